The van der Waals surface area contributed by atoms with Gasteiger partial charge in [-0.15, -0.1) is 0 Å². The number of hydrogen-bond donors (Lipinski definition) is 0. The topological polar surface area (TPSA) is 48.8 Å². The summed E-state index contributed by atoms with van der Waals surface area (Å²) in [6.07, 6.45) is 2.59. The average Bonchev–Trinajstić information content (AvgIpc) is 3.48. The van der Waals surface area contributed by atoms with Crippen LogP contribution in [0.2, 0.25) is 5.02 Å². The van der Waals surface area contributed by atoms with Gasteiger partial charge < -0.3 is 18.8 Å². The van der Waals surface area contributed by atoms with Crippen molar-refractivity contribution in [1.29, 1.82) is 0 Å². The highest BCUT2D eigenvalue weighted by Crippen LogP contribution is 2.47. The minimum atomic E-state index is -0.809. The van der Waals surface area contributed by atoms with Gasteiger partial charge in [-0.2, -0.15) is 0 Å². The molecule has 2 saturated heterocycles. The first-order chi connectivity index (χ1) is 18.6. The van der Waals surface area contributed by atoms with E-state index in [1.807, 2.05) is 18.2 Å². The van der Waals surface area contributed by atoms with E-state index >= 15 is 0 Å². The molecule has 0 radical (unpaired) electrons. The van der Waals surface area contributed by atoms with Crippen LogP contribution >= 0.6 is 11.6 Å². The summed E-state index contributed by atoms with van der Waals surface area (Å²) >= 11 is 5.93. The summed E-state index contributed by atoms with van der Waals surface area (Å²) in [5.41, 5.74) is 3.70. The van der Waals surface area contributed by atoms with E-state index in [-0.39, 0.29) is 6.10 Å². The fourth-order valence-corrected chi connectivity index (χ4v) is 5.98. The van der Waals surface area contributed by atoms with Gasteiger partial charge in [0.2, 0.25) is 0 Å². The third-order valence-corrected chi connectivity index (χ3v) is 8.23. The fourth-order valence-electron chi connectivity index (χ4n) is 5.82. The number of halogens is 2. The lowest BCUT2D eigenvalue weighted by Gasteiger charge is -2.33. The number of rotatable bonds is 6. The third kappa shape index (κ3) is 4.42. The number of nitrogens with zero attached hydrogens (tertiary/aromatic N) is 3. The highest BCUT2D eigenvalue weighted by atomic mass is 35.5. The van der Waals surface area contributed by atoms with Crippen molar-refractivity contribution in [2.75, 3.05) is 19.7 Å². The van der Waals surface area contributed by atoms with Gasteiger partial charge in [-0.3, -0.25) is 4.90 Å². The van der Waals surface area contributed by atoms with E-state index in [9.17, 15) is 4.39 Å². The molecule has 0 aliphatic carbocycles. The molecule has 3 aliphatic rings. The van der Waals surface area contributed by atoms with Gasteiger partial charge in [0.25, 0.3) is 6.29 Å². The van der Waals surface area contributed by atoms with Crippen LogP contribution in [0.3, 0.4) is 0 Å². The van der Waals surface area contributed by atoms with Gasteiger partial charge in [-0.05, 0) is 74.7 Å². The molecular formula is C30H29ClFN3O3. The number of imidazole rings is 1. The first-order valence-electron chi connectivity index (χ1n) is 13.3. The number of ether oxygens (including phenoxy) is 3. The standard InChI is InChI=1S/C30H29ClFN3O3/c31-20-8-9-23(24(32)16-20)30-37-27-7-3-4-22(29(27)38-30)19-10-13-34(14-11-19)18-28-33-25-5-1-2-6-26(25)35(28)17-21-12-15-36-21/h1-9,16,19,21,30H,10-15,17-18H2/t21-,30?/m0/s1. The largest absolute Gasteiger partial charge is 0.447 e. The number of para-hydroxylation sites is 3. The number of fused-ring (bicyclic) bond motifs is 2. The molecule has 196 valence electrons. The maximum atomic E-state index is 14.5. The minimum absolute atomic E-state index is 0.282. The molecular weight excluding hydrogens is 505 g/mol. The van der Waals surface area contributed by atoms with Crippen molar-refractivity contribution in [3.05, 3.63) is 88.5 Å². The number of likely N-dealkylation sites (tertiary alicyclic amines) is 1. The molecule has 8 heteroatoms. The van der Waals surface area contributed by atoms with Gasteiger partial charge in [0.15, 0.2) is 11.5 Å². The van der Waals surface area contributed by atoms with Crippen molar-refractivity contribution in [1.82, 2.24) is 14.5 Å². The number of piperidine rings is 1. The first kappa shape index (κ1) is 23.9. The SMILES string of the molecule is Fc1cc(Cl)ccc1C1Oc2cccc(C3CCN(Cc4nc5ccccc5n4C[C@@H]4CCO4)CC3)c2O1. The molecule has 7 rings (SSSR count). The normalized spacial score (nSPS) is 21.6. The molecule has 4 heterocycles. The highest BCUT2D eigenvalue weighted by molar-refractivity contribution is 6.30. The molecule has 0 N–H and O–H groups in total. The average molecular weight is 534 g/mol. The summed E-state index contributed by atoms with van der Waals surface area (Å²) in [6.45, 7) is 4.46. The Balaban J connectivity index is 1.05. The zero-order valence-electron chi connectivity index (χ0n) is 21.0. The predicted molar refractivity (Wildman–Crippen MR) is 143 cm³/mol. The maximum Gasteiger partial charge on any atom is 0.270 e. The van der Waals surface area contributed by atoms with E-state index < -0.39 is 12.1 Å². The summed E-state index contributed by atoms with van der Waals surface area (Å²) in [7, 11) is 0. The summed E-state index contributed by atoms with van der Waals surface area (Å²) in [6, 6.07) is 18.9. The van der Waals surface area contributed by atoms with Crippen molar-refractivity contribution in [3.63, 3.8) is 0 Å². The zero-order chi connectivity index (χ0) is 25.6. The zero-order valence-corrected chi connectivity index (χ0v) is 21.7. The second kappa shape index (κ2) is 9.88. The Labute approximate surface area is 225 Å². The Morgan fingerprint density at radius 3 is 2.58 bits per heavy atom. The van der Waals surface area contributed by atoms with Crippen LogP contribution < -0.4 is 9.47 Å². The molecule has 0 amide bonds. The fraction of sp³-hybridized carbons (Fsp3) is 0.367. The summed E-state index contributed by atoms with van der Waals surface area (Å²) in [5, 5.41) is 0.348. The molecule has 1 unspecified atom stereocenters. The van der Waals surface area contributed by atoms with Crippen LogP contribution in [-0.2, 0) is 17.8 Å². The lowest BCUT2D eigenvalue weighted by molar-refractivity contribution is -0.0592. The van der Waals surface area contributed by atoms with Crippen molar-refractivity contribution in [2.45, 2.75) is 50.7 Å². The van der Waals surface area contributed by atoms with Crippen molar-refractivity contribution < 1.29 is 18.6 Å². The van der Waals surface area contributed by atoms with E-state index in [4.69, 9.17) is 30.8 Å². The van der Waals surface area contributed by atoms with Crippen LogP contribution in [0.15, 0.2) is 60.7 Å². The second-order valence-electron chi connectivity index (χ2n) is 10.4. The van der Waals surface area contributed by atoms with Crippen LogP contribution in [-0.4, -0.2) is 40.3 Å². The second-order valence-corrected chi connectivity index (χ2v) is 10.8. The molecule has 38 heavy (non-hydrogen) atoms. The van der Waals surface area contributed by atoms with Crippen molar-refractivity contribution in [3.8, 4) is 11.5 Å². The maximum absolute atomic E-state index is 14.5. The van der Waals surface area contributed by atoms with Crippen molar-refractivity contribution >= 4 is 22.6 Å². The van der Waals surface area contributed by atoms with E-state index in [0.29, 0.717) is 22.3 Å². The van der Waals surface area contributed by atoms with Gasteiger partial charge >= 0.3 is 0 Å². The molecule has 0 spiro atoms. The Kier molecular flexibility index (Phi) is 6.22. The molecule has 3 aromatic carbocycles. The van der Waals surface area contributed by atoms with E-state index in [1.54, 1.807) is 12.1 Å². The van der Waals surface area contributed by atoms with Crippen molar-refractivity contribution in [2.24, 2.45) is 0 Å². The van der Waals surface area contributed by atoms with E-state index in [2.05, 4.69) is 33.7 Å². The van der Waals surface area contributed by atoms with Crippen LogP contribution in [0.5, 0.6) is 11.5 Å². The van der Waals surface area contributed by atoms with Crippen LogP contribution in [0.4, 0.5) is 4.39 Å². The molecule has 0 saturated carbocycles. The highest BCUT2D eigenvalue weighted by Gasteiger charge is 2.33. The Hall–Kier alpha value is -3.13. The molecule has 2 atom stereocenters. The van der Waals surface area contributed by atoms with E-state index in [0.717, 1.165) is 74.7 Å². The van der Waals surface area contributed by atoms with Gasteiger partial charge in [0.1, 0.15) is 11.6 Å². The summed E-state index contributed by atoms with van der Waals surface area (Å²) < 4.78 is 34.8. The quantitative estimate of drug-likeness (QED) is 0.284. The molecule has 4 aromatic rings. The lowest BCUT2D eigenvalue weighted by Crippen LogP contribution is -2.35. The van der Waals surface area contributed by atoms with Gasteiger partial charge in [0, 0.05) is 17.2 Å². The molecule has 3 aliphatic heterocycles. The number of aromatic nitrogens is 2. The smallest absolute Gasteiger partial charge is 0.270 e. The van der Waals surface area contributed by atoms with Gasteiger partial charge in [-0.1, -0.05) is 35.9 Å². The Morgan fingerprint density at radius 2 is 1.79 bits per heavy atom. The third-order valence-electron chi connectivity index (χ3n) is 7.99. The Bertz CT molecular complexity index is 1480. The Morgan fingerprint density at radius 1 is 0.947 bits per heavy atom. The molecule has 2 fully saturated rings. The predicted octanol–water partition coefficient (Wildman–Crippen LogP) is 6.47. The number of hydrogen-bond acceptors (Lipinski definition) is 5. The minimum Gasteiger partial charge on any atom is -0.447 e. The lowest BCUT2D eigenvalue weighted by atomic mass is 9.88. The van der Waals surface area contributed by atoms with Crippen LogP contribution in [0.25, 0.3) is 11.0 Å². The van der Waals surface area contributed by atoms with Gasteiger partial charge in [-0.25, -0.2) is 9.37 Å². The van der Waals surface area contributed by atoms with Crippen LogP contribution in [0.1, 0.15) is 48.4 Å². The number of benzene rings is 3. The molecule has 1 aromatic heterocycles. The van der Waals surface area contributed by atoms with Crippen LogP contribution in [0, 0.1) is 5.82 Å². The molecule has 6 nitrogen and oxygen atoms in total. The summed E-state index contributed by atoms with van der Waals surface area (Å²) in [4.78, 5) is 7.47. The molecule has 0 bridgehead atoms. The summed E-state index contributed by atoms with van der Waals surface area (Å²) in [5.74, 6) is 2.41. The van der Waals surface area contributed by atoms with Gasteiger partial charge in [0.05, 0.1) is 35.8 Å². The van der Waals surface area contributed by atoms with E-state index in [1.165, 1.54) is 11.6 Å². The monoisotopic (exact) mass is 533 g/mol. The first-order valence-corrected chi connectivity index (χ1v) is 13.7.